The number of rotatable bonds is 7. The molecule has 4 nitrogen and oxygen atoms in total. The van der Waals surface area contributed by atoms with E-state index in [1.54, 1.807) is 6.26 Å². The Labute approximate surface area is 169 Å². The molecule has 0 aliphatic heterocycles. The van der Waals surface area contributed by atoms with Crippen LogP contribution in [0.4, 0.5) is 0 Å². The molecule has 0 aliphatic rings. The van der Waals surface area contributed by atoms with Gasteiger partial charge in [-0.25, -0.2) is 4.99 Å². The molecule has 6 heteroatoms. The van der Waals surface area contributed by atoms with E-state index in [-0.39, 0.29) is 24.0 Å². The Morgan fingerprint density at radius 3 is 2.62 bits per heavy atom. The number of hydrogen-bond donors (Lipinski definition) is 2. The summed E-state index contributed by atoms with van der Waals surface area (Å²) in [4.78, 5) is 4.68. The first-order valence-electron chi connectivity index (χ1n) is 7.99. The summed E-state index contributed by atoms with van der Waals surface area (Å²) < 4.78 is 6.44. The lowest BCUT2D eigenvalue weighted by molar-refractivity contribution is 0.506. The molecule has 1 aromatic carbocycles. The quantitative estimate of drug-likeness (QED) is 0.324. The lowest BCUT2D eigenvalue weighted by Gasteiger charge is -2.17. The van der Waals surface area contributed by atoms with Crippen molar-refractivity contribution in [2.75, 3.05) is 6.54 Å². The Balaban J connectivity index is 0.00000288. The van der Waals surface area contributed by atoms with Crippen molar-refractivity contribution in [2.45, 2.75) is 39.3 Å². The van der Waals surface area contributed by atoms with Gasteiger partial charge in [0.05, 0.1) is 12.8 Å². The first kappa shape index (κ1) is 21.0. The van der Waals surface area contributed by atoms with Gasteiger partial charge in [-0.05, 0) is 43.2 Å². The van der Waals surface area contributed by atoms with Crippen LogP contribution in [-0.4, -0.2) is 18.5 Å². The molecule has 0 fully saturated rings. The van der Waals surface area contributed by atoms with Crippen molar-refractivity contribution in [2.24, 2.45) is 4.99 Å². The largest absolute Gasteiger partial charge is 0.469 e. The molecule has 2 aromatic rings. The van der Waals surface area contributed by atoms with Crippen molar-refractivity contribution in [1.29, 1.82) is 0 Å². The number of furan rings is 1. The molecule has 0 bridgehead atoms. The predicted molar refractivity (Wildman–Crippen MR) is 114 cm³/mol. The van der Waals surface area contributed by atoms with Gasteiger partial charge in [-0.1, -0.05) is 35.0 Å². The van der Waals surface area contributed by atoms with Crippen LogP contribution in [0.5, 0.6) is 0 Å². The molecule has 2 rings (SSSR count). The number of guanidine groups is 1. The van der Waals surface area contributed by atoms with Crippen molar-refractivity contribution < 1.29 is 4.42 Å². The van der Waals surface area contributed by atoms with E-state index in [2.05, 4.69) is 57.5 Å². The fourth-order valence-electron chi connectivity index (χ4n) is 2.01. The van der Waals surface area contributed by atoms with Crippen LogP contribution in [0.3, 0.4) is 0 Å². The zero-order valence-electron chi connectivity index (χ0n) is 14.1. The molecular weight excluding hydrogens is 481 g/mol. The van der Waals surface area contributed by atoms with E-state index in [1.807, 2.05) is 24.3 Å². The third kappa shape index (κ3) is 7.70. The molecule has 1 unspecified atom stereocenters. The van der Waals surface area contributed by atoms with Crippen LogP contribution in [0.1, 0.15) is 31.6 Å². The molecule has 2 N–H and O–H groups in total. The maximum atomic E-state index is 5.35. The number of nitrogens with one attached hydrogen (secondary N) is 2. The summed E-state index contributed by atoms with van der Waals surface area (Å²) >= 11 is 3.45. The number of nitrogens with zero attached hydrogens (tertiary/aromatic N) is 1. The number of aliphatic imine (C=N–C) groups is 1. The monoisotopic (exact) mass is 505 g/mol. The highest BCUT2D eigenvalue weighted by Gasteiger charge is 2.04. The average Bonchev–Trinajstić information content (AvgIpc) is 3.07. The summed E-state index contributed by atoms with van der Waals surface area (Å²) in [5.74, 6) is 1.82. The number of hydrogen-bond acceptors (Lipinski definition) is 2. The minimum Gasteiger partial charge on any atom is -0.469 e. The van der Waals surface area contributed by atoms with Gasteiger partial charge in [0, 0.05) is 23.5 Å². The Morgan fingerprint density at radius 1 is 1.25 bits per heavy atom. The van der Waals surface area contributed by atoms with E-state index in [1.165, 1.54) is 5.56 Å². The minimum absolute atomic E-state index is 0. The molecule has 1 aromatic heterocycles. The fraction of sp³-hybridized carbons (Fsp3) is 0.389. The summed E-state index contributed by atoms with van der Waals surface area (Å²) in [6.07, 6.45) is 3.60. The van der Waals surface area contributed by atoms with Crippen LogP contribution < -0.4 is 10.6 Å². The summed E-state index contributed by atoms with van der Waals surface area (Å²) in [6, 6.07) is 12.5. The molecule has 0 amide bonds. The van der Waals surface area contributed by atoms with Gasteiger partial charge in [0.25, 0.3) is 0 Å². The highest BCUT2D eigenvalue weighted by molar-refractivity contribution is 14.0. The topological polar surface area (TPSA) is 49.6 Å². The van der Waals surface area contributed by atoms with Gasteiger partial charge in [-0.15, -0.1) is 24.0 Å². The van der Waals surface area contributed by atoms with Crippen molar-refractivity contribution >= 4 is 45.9 Å². The lowest BCUT2D eigenvalue weighted by Crippen LogP contribution is -2.42. The summed E-state index contributed by atoms with van der Waals surface area (Å²) in [6.45, 7) is 5.76. The second-order valence-corrected chi connectivity index (χ2v) is 6.42. The normalized spacial score (nSPS) is 12.4. The third-order valence-corrected chi connectivity index (χ3v) is 4.10. The standard InChI is InChI=1S/C18H24BrN3O.HI/c1-3-14(2)22-18(20-11-10-17-5-4-12-23-17)21-13-15-6-8-16(19)9-7-15;/h4-9,12,14H,3,10-11,13H2,1-2H3,(H2,20,21,22);1H. The summed E-state index contributed by atoms with van der Waals surface area (Å²) in [7, 11) is 0. The zero-order chi connectivity index (χ0) is 16.5. The van der Waals surface area contributed by atoms with Crippen molar-refractivity contribution in [1.82, 2.24) is 10.6 Å². The van der Waals surface area contributed by atoms with E-state index in [9.17, 15) is 0 Å². The molecule has 0 saturated heterocycles. The molecular formula is C18H25BrIN3O. The van der Waals surface area contributed by atoms with Gasteiger partial charge < -0.3 is 15.1 Å². The fourth-order valence-corrected chi connectivity index (χ4v) is 2.27. The van der Waals surface area contributed by atoms with Crippen molar-refractivity contribution in [3.8, 4) is 0 Å². The van der Waals surface area contributed by atoms with Crippen LogP contribution >= 0.6 is 39.9 Å². The highest BCUT2D eigenvalue weighted by atomic mass is 127. The van der Waals surface area contributed by atoms with Crippen LogP contribution in [0, 0.1) is 0 Å². The Kier molecular flexibility index (Phi) is 10.1. The maximum absolute atomic E-state index is 5.35. The second-order valence-electron chi connectivity index (χ2n) is 5.50. The molecule has 0 spiro atoms. The van der Waals surface area contributed by atoms with Gasteiger partial charge in [0.15, 0.2) is 5.96 Å². The second kappa shape index (κ2) is 11.5. The molecule has 24 heavy (non-hydrogen) atoms. The molecule has 0 radical (unpaired) electrons. The van der Waals surface area contributed by atoms with Gasteiger partial charge in [-0.3, -0.25) is 0 Å². The molecule has 1 heterocycles. The molecule has 0 aliphatic carbocycles. The Hall–Kier alpha value is -1.02. The van der Waals surface area contributed by atoms with E-state index in [0.29, 0.717) is 12.6 Å². The highest BCUT2D eigenvalue weighted by Crippen LogP contribution is 2.11. The van der Waals surface area contributed by atoms with Crippen molar-refractivity contribution in [3.05, 3.63) is 58.5 Å². The van der Waals surface area contributed by atoms with E-state index in [4.69, 9.17) is 4.42 Å². The van der Waals surface area contributed by atoms with Crippen LogP contribution in [0.2, 0.25) is 0 Å². The Bertz CT molecular complexity index is 599. The van der Waals surface area contributed by atoms with Crippen molar-refractivity contribution in [3.63, 3.8) is 0 Å². The van der Waals surface area contributed by atoms with E-state index < -0.39 is 0 Å². The van der Waals surface area contributed by atoms with Gasteiger partial charge in [0.2, 0.25) is 0 Å². The average molecular weight is 506 g/mol. The van der Waals surface area contributed by atoms with Gasteiger partial charge in [-0.2, -0.15) is 0 Å². The molecule has 132 valence electrons. The third-order valence-electron chi connectivity index (χ3n) is 3.57. The number of halogens is 2. The molecule has 0 saturated carbocycles. The molecule has 1 atom stereocenters. The smallest absolute Gasteiger partial charge is 0.191 e. The summed E-state index contributed by atoms with van der Waals surface area (Å²) in [5, 5.41) is 6.80. The first-order chi connectivity index (χ1) is 11.2. The van der Waals surface area contributed by atoms with E-state index >= 15 is 0 Å². The number of benzene rings is 1. The SMILES string of the molecule is CCC(C)NC(=NCc1ccc(Br)cc1)NCCc1ccco1.I. The van der Waals surface area contributed by atoms with Gasteiger partial charge >= 0.3 is 0 Å². The summed E-state index contributed by atoms with van der Waals surface area (Å²) in [5.41, 5.74) is 1.18. The predicted octanol–water partition coefficient (Wildman–Crippen LogP) is 4.74. The van der Waals surface area contributed by atoms with Crippen LogP contribution in [0.25, 0.3) is 0 Å². The lowest BCUT2D eigenvalue weighted by atomic mass is 10.2. The Morgan fingerprint density at radius 2 is 2.00 bits per heavy atom. The minimum atomic E-state index is 0. The van der Waals surface area contributed by atoms with E-state index in [0.717, 1.165) is 35.6 Å². The first-order valence-corrected chi connectivity index (χ1v) is 8.78. The zero-order valence-corrected chi connectivity index (χ0v) is 18.0. The van der Waals surface area contributed by atoms with Gasteiger partial charge in [0.1, 0.15) is 5.76 Å². The van der Waals surface area contributed by atoms with Crippen LogP contribution in [-0.2, 0) is 13.0 Å². The van der Waals surface area contributed by atoms with Crippen LogP contribution in [0.15, 0.2) is 56.5 Å². The maximum Gasteiger partial charge on any atom is 0.191 e.